The zero-order chi connectivity index (χ0) is 21.1. The van der Waals surface area contributed by atoms with Crippen LogP contribution in [0.5, 0.6) is 0 Å². The van der Waals surface area contributed by atoms with E-state index in [-0.39, 0.29) is 17.8 Å². The number of carbonyl (C=O) groups excluding carboxylic acids is 1. The lowest BCUT2D eigenvalue weighted by atomic mass is 9.90. The molecular weight excluding hydrogens is 381 g/mol. The third kappa shape index (κ3) is 4.47. The first-order valence-electron chi connectivity index (χ1n) is 10.7. The van der Waals surface area contributed by atoms with Gasteiger partial charge in [-0.3, -0.25) is 9.48 Å². The van der Waals surface area contributed by atoms with Crippen LogP contribution in [-0.2, 0) is 25.9 Å². The molecule has 0 bridgehead atoms. The van der Waals surface area contributed by atoms with Gasteiger partial charge in [0.05, 0.1) is 6.54 Å². The van der Waals surface area contributed by atoms with Crippen LogP contribution >= 0.6 is 0 Å². The van der Waals surface area contributed by atoms with Crippen molar-refractivity contribution in [2.45, 2.75) is 38.4 Å². The molecule has 1 atom stereocenters. The first kappa shape index (κ1) is 20.8. The van der Waals surface area contributed by atoms with E-state index in [2.05, 4.69) is 23.8 Å². The molecule has 0 saturated carbocycles. The van der Waals surface area contributed by atoms with Crippen molar-refractivity contribution >= 4 is 5.91 Å². The molecule has 1 fully saturated rings. The number of likely N-dealkylation sites (N-methyl/N-ethyl adjacent to an activating group) is 1. The lowest BCUT2D eigenvalue weighted by Crippen LogP contribution is -2.47. The van der Waals surface area contributed by atoms with E-state index in [1.54, 1.807) is 12.1 Å². The molecule has 1 unspecified atom stereocenters. The molecule has 1 aliphatic carbocycles. The molecule has 1 saturated heterocycles. The molecule has 4 rings (SSSR count). The normalized spacial score (nSPS) is 19.5. The molecule has 1 aliphatic heterocycles. The van der Waals surface area contributed by atoms with Crippen LogP contribution in [0.15, 0.2) is 36.9 Å². The Labute approximate surface area is 177 Å². The maximum absolute atomic E-state index is 13.5. The van der Waals surface area contributed by atoms with E-state index in [4.69, 9.17) is 5.10 Å². The first-order chi connectivity index (χ1) is 14.5. The minimum absolute atomic E-state index is 0.0351. The maximum atomic E-state index is 13.5. The molecule has 7 heteroatoms. The number of hydrogen-bond donors (Lipinski definition) is 1. The average molecular weight is 412 g/mol. The quantitative estimate of drug-likeness (QED) is 0.741. The van der Waals surface area contributed by atoms with Gasteiger partial charge in [0, 0.05) is 50.0 Å². The number of carbonyl (C=O) groups is 1. The third-order valence-electron chi connectivity index (χ3n) is 6.13. The van der Waals surface area contributed by atoms with Crippen molar-refractivity contribution in [3.8, 4) is 0 Å². The van der Waals surface area contributed by atoms with Gasteiger partial charge in [0.1, 0.15) is 5.82 Å². The molecule has 1 amide bonds. The van der Waals surface area contributed by atoms with Crippen molar-refractivity contribution in [3.05, 3.63) is 65.3 Å². The predicted molar refractivity (Wildman–Crippen MR) is 115 cm³/mol. The summed E-state index contributed by atoms with van der Waals surface area (Å²) in [6.45, 7) is 8.31. The van der Waals surface area contributed by atoms with Crippen LogP contribution < -0.4 is 5.32 Å². The fraction of sp³-hybridized carbons (Fsp3) is 0.478. The number of allylic oxidation sites excluding steroid dienone is 1. The van der Waals surface area contributed by atoms with Crippen LogP contribution in [0.25, 0.3) is 0 Å². The van der Waals surface area contributed by atoms with Crippen LogP contribution in [0.1, 0.15) is 33.7 Å². The average Bonchev–Trinajstić information content (AvgIpc) is 3.10. The standard InChI is InChI=1S/C23H30FN5O/c1-3-9-29-21-8-7-19(25-16-17-5-4-6-18(24)14-17)15-20(21)22(26-29)23(30)28-12-10-27(2)11-13-28/h3-6,14,19,25H,1,7-13,15-16H2,2H3. The van der Waals surface area contributed by atoms with E-state index in [9.17, 15) is 9.18 Å². The van der Waals surface area contributed by atoms with Crippen molar-refractivity contribution in [2.75, 3.05) is 33.2 Å². The molecule has 1 aromatic carbocycles. The van der Waals surface area contributed by atoms with Gasteiger partial charge >= 0.3 is 0 Å². The van der Waals surface area contributed by atoms with E-state index in [0.29, 0.717) is 18.8 Å². The van der Waals surface area contributed by atoms with Gasteiger partial charge < -0.3 is 15.1 Å². The summed E-state index contributed by atoms with van der Waals surface area (Å²) in [5.41, 5.74) is 3.73. The number of halogens is 1. The molecule has 2 heterocycles. The summed E-state index contributed by atoms with van der Waals surface area (Å²) >= 11 is 0. The zero-order valence-electron chi connectivity index (χ0n) is 17.6. The molecule has 160 valence electrons. The Morgan fingerprint density at radius 1 is 1.33 bits per heavy atom. The number of amides is 1. The maximum Gasteiger partial charge on any atom is 0.274 e. The first-order valence-corrected chi connectivity index (χ1v) is 10.7. The molecule has 6 nitrogen and oxygen atoms in total. The number of piperazine rings is 1. The van der Waals surface area contributed by atoms with Crippen LogP contribution in [0.3, 0.4) is 0 Å². The fourth-order valence-corrected chi connectivity index (χ4v) is 4.38. The fourth-order valence-electron chi connectivity index (χ4n) is 4.38. The molecule has 2 aliphatic rings. The largest absolute Gasteiger partial charge is 0.335 e. The van der Waals surface area contributed by atoms with Gasteiger partial charge in [-0.25, -0.2) is 4.39 Å². The zero-order valence-corrected chi connectivity index (χ0v) is 17.6. The topological polar surface area (TPSA) is 53.4 Å². The molecule has 0 spiro atoms. The van der Waals surface area contributed by atoms with Crippen molar-refractivity contribution in [3.63, 3.8) is 0 Å². The molecule has 1 aromatic heterocycles. The Kier molecular flexibility index (Phi) is 6.29. The van der Waals surface area contributed by atoms with Crippen molar-refractivity contribution < 1.29 is 9.18 Å². The van der Waals surface area contributed by atoms with Crippen LogP contribution in [0.2, 0.25) is 0 Å². The summed E-state index contributed by atoms with van der Waals surface area (Å²) in [5.74, 6) is -0.182. The van der Waals surface area contributed by atoms with E-state index in [0.717, 1.165) is 62.3 Å². The van der Waals surface area contributed by atoms with Crippen LogP contribution in [-0.4, -0.2) is 64.8 Å². The number of rotatable bonds is 6. The number of nitrogens with one attached hydrogen (secondary N) is 1. The second kappa shape index (κ2) is 9.10. The van der Waals surface area contributed by atoms with Gasteiger partial charge in [-0.2, -0.15) is 5.10 Å². The van der Waals surface area contributed by atoms with E-state index < -0.39 is 0 Å². The lowest BCUT2D eigenvalue weighted by Gasteiger charge is -2.32. The second-order valence-electron chi connectivity index (χ2n) is 8.29. The molecule has 1 N–H and O–H groups in total. The van der Waals surface area contributed by atoms with Gasteiger partial charge in [0.25, 0.3) is 5.91 Å². The van der Waals surface area contributed by atoms with Gasteiger partial charge in [0.2, 0.25) is 0 Å². The molecule has 2 aromatic rings. The van der Waals surface area contributed by atoms with Gasteiger partial charge in [-0.05, 0) is 44.0 Å². The van der Waals surface area contributed by atoms with Gasteiger partial charge in [0.15, 0.2) is 5.69 Å². The predicted octanol–water partition coefficient (Wildman–Crippen LogP) is 2.24. The summed E-state index contributed by atoms with van der Waals surface area (Å²) in [7, 11) is 2.08. The summed E-state index contributed by atoms with van der Waals surface area (Å²) in [5, 5.41) is 8.25. The Morgan fingerprint density at radius 3 is 2.87 bits per heavy atom. The SMILES string of the molecule is C=CCn1nc(C(=O)N2CCN(C)CC2)c2c1CCC(NCc1cccc(F)c1)C2. The van der Waals surface area contributed by atoms with E-state index in [1.165, 1.54) is 6.07 Å². The highest BCUT2D eigenvalue weighted by Gasteiger charge is 2.31. The number of nitrogens with zero attached hydrogens (tertiary/aromatic N) is 4. The van der Waals surface area contributed by atoms with Crippen molar-refractivity contribution in [1.29, 1.82) is 0 Å². The highest BCUT2D eigenvalue weighted by molar-refractivity contribution is 5.94. The highest BCUT2D eigenvalue weighted by atomic mass is 19.1. The Morgan fingerprint density at radius 2 is 2.13 bits per heavy atom. The molecule has 30 heavy (non-hydrogen) atoms. The summed E-state index contributed by atoms with van der Waals surface area (Å²) < 4.78 is 15.4. The Bertz CT molecular complexity index is 916. The Hall–Kier alpha value is -2.51. The molecule has 0 radical (unpaired) electrons. The second-order valence-corrected chi connectivity index (χ2v) is 8.29. The number of fused-ring (bicyclic) bond motifs is 1. The van der Waals surface area contributed by atoms with Crippen molar-refractivity contribution in [1.82, 2.24) is 24.9 Å². The minimum Gasteiger partial charge on any atom is -0.335 e. The van der Waals surface area contributed by atoms with Crippen LogP contribution in [0.4, 0.5) is 4.39 Å². The third-order valence-corrected chi connectivity index (χ3v) is 6.13. The summed E-state index contributed by atoms with van der Waals surface area (Å²) in [6, 6.07) is 6.92. The Balaban J connectivity index is 1.51. The van der Waals surface area contributed by atoms with Crippen LogP contribution in [0, 0.1) is 5.82 Å². The van der Waals surface area contributed by atoms with Gasteiger partial charge in [-0.15, -0.1) is 6.58 Å². The minimum atomic E-state index is -0.217. The number of aromatic nitrogens is 2. The number of hydrogen-bond acceptors (Lipinski definition) is 4. The number of benzene rings is 1. The van der Waals surface area contributed by atoms with Gasteiger partial charge in [-0.1, -0.05) is 18.2 Å². The van der Waals surface area contributed by atoms with E-state index >= 15 is 0 Å². The van der Waals surface area contributed by atoms with E-state index in [1.807, 2.05) is 21.7 Å². The summed E-state index contributed by atoms with van der Waals surface area (Å²) in [4.78, 5) is 17.4. The molecular formula is C23H30FN5O. The lowest BCUT2D eigenvalue weighted by molar-refractivity contribution is 0.0656. The smallest absolute Gasteiger partial charge is 0.274 e. The van der Waals surface area contributed by atoms with Crippen molar-refractivity contribution in [2.24, 2.45) is 0 Å². The monoisotopic (exact) mass is 411 g/mol. The summed E-state index contributed by atoms with van der Waals surface area (Å²) in [6.07, 6.45) is 4.42. The highest BCUT2D eigenvalue weighted by Crippen LogP contribution is 2.26.